The van der Waals surface area contributed by atoms with Gasteiger partial charge >= 0.3 is 11.9 Å². The first-order valence-electron chi connectivity index (χ1n) is 21.3. The number of hydrogen-bond donors (Lipinski definition) is 5. The second-order valence-electron chi connectivity index (χ2n) is 16.1. The number of primary amides is 1. The number of pyridine rings is 1. The Bertz CT molecular complexity index is 2810. The summed E-state index contributed by atoms with van der Waals surface area (Å²) in [5.74, 6) is -2.50. The topological polar surface area (TPSA) is 239 Å². The number of imidazole rings is 1. The van der Waals surface area contributed by atoms with Gasteiger partial charge in [-0.3, -0.25) is 38.5 Å². The third-order valence-corrected chi connectivity index (χ3v) is 11.4. The number of amides is 4. The first-order valence-corrected chi connectivity index (χ1v) is 21.3. The SMILES string of the molecule is Cn1c(=O)n(C2CCC(=O)NC2=O)c2ccc(CCCN3CCO[C@H](CCNCc4ccc(-n5cc(NC(=O)c6coc(-c7ccnc(NCC(F)(F)F)c7)n6)c(C(N)=O)n5)cc4)C3)cc21. The van der Waals surface area contributed by atoms with Crippen LogP contribution in [0.1, 0.15) is 63.8 Å². The molecule has 1 unspecified atom stereocenters. The number of benzene rings is 2. The molecule has 6 N–H and O–H groups in total. The third-order valence-electron chi connectivity index (χ3n) is 11.4. The van der Waals surface area contributed by atoms with Gasteiger partial charge in [-0.05, 0) is 86.3 Å². The first kappa shape index (κ1) is 45.4. The minimum atomic E-state index is -4.45. The number of carbonyl (C=O) groups excluding carboxylic acids is 4. The lowest BCUT2D eigenvalue weighted by atomic mass is 10.0. The van der Waals surface area contributed by atoms with Crippen molar-refractivity contribution in [2.45, 2.75) is 57.0 Å². The van der Waals surface area contributed by atoms with E-state index in [0.29, 0.717) is 30.8 Å². The highest BCUT2D eigenvalue weighted by molar-refractivity contribution is 6.07. The van der Waals surface area contributed by atoms with Gasteiger partial charge < -0.3 is 30.8 Å². The maximum atomic E-state index is 13.1. The molecule has 22 heteroatoms. The van der Waals surface area contributed by atoms with Crippen LogP contribution < -0.4 is 32.7 Å². The van der Waals surface area contributed by atoms with E-state index < -0.39 is 36.5 Å². The van der Waals surface area contributed by atoms with Crippen molar-refractivity contribution in [3.8, 4) is 17.1 Å². The van der Waals surface area contributed by atoms with E-state index in [9.17, 15) is 37.1 Å². The Morgan fingerprint density at radius 3 is 2.61 bits per heavy atom. The number of aryl methyl sites for hydroxylation is 2. The zero-order valence-corrected chi connectivity index (χ0v) is 35.8. The normalized spacial score (nSPS) is 17.0. The second-order valence-corrected chi connectivity index (χ2v) is 16.1. The van der Waals surface area contributed by atoms with Gasteiger partial charge in [-0.1, -0.05) is 18.2 Å². The number of aromatic nitrogens is 6. The van der Waals surface area contributed by atoms with Crippen LogP contribution in [0.25, 0.3) is 28.2 Å². The van der Waals surface area contributed by atoms with E-state index in [1.54, 1.807) is 11.6 Å². The highest BCUT2D eigenvalue weighted by atomic mass is 19.4. The number of morpholine rings is 1. The molecular formula is C44H47F3N12O7. The summed E-state index contributed by atoms with van der Waals surface area (Å²) < 4.78 is 53.8. The Morgan fingerprint density at radius 2 is 1.83 bits per heavy atom. The van der Waals surface area contributed by atoms with Crippen LogP contribution in [-0.2, 0) is 34.3 Å². The molecule has 0 aliphatic carbocycles. The molecule has 2 fully saturated rings. The number of hydrogen-bond acceptors (Lipinski definition) is 13. The molecule has 19 nitrogen and oxygen atoms in total. The van der Waals surface area contributed by atoms with Crippen LogP contribution in [0.3, 0.4) is 0 Å². The number of fused-ring (bicyclic) bond motifs is 1. The number of carbonyl (C=O) groups is 4. The van der Waals surface area contributed by atoms with Crippen LogP contribution in [0.2, 0.25) is 0 Å². The number of imide groups is 1. The quantitative estimate of drug-likeness (QED) is 0.0649. The van der Waals surface area contributed by atoms with Crippen LogP contribution in [0.4, 0.5) is 24.7 Å². The van der Waals surface area contributed by atoms with Crippen LogP contribution in [0.15, 0.2) is 82.5 Å². The van der Waals surface area contributed by atoms with E-state index in [1.807, 2.05) is 42.5 Å². The summed E-state index contributed by atoms with van der Waals surface area (Å²) in [6.45, 7) is 3.26. The summed E-state index contributed by atoms with van der Waals surface area (Å²) in [5.41, 5.74) is 9.38. The number of nitrogens with two attached hydrogens (primary N) is 1. The summed E-state index contributed by atoms with van der Waals surface area (Å²) >= 11 is 0. The molecule has 0 bridgehead atoms. The number of piperidine rings is 1. The molecule has 346 valence electrons. The Morgan fingerprint density at radius 1 is 1.03 bits per heavy atom. The number of rotatable bonds is 17. The highest BCUT2D eigenvalue weighted by Crippen LogP contribution is 2.26. The van der Waals surface area contributed by atoms with Gasteiger partial charge in [0, 0.05) is 44.9 Å². The molecule has 2 aliphatic rings. The lowest BCUT2D eigenvalue weighted by Gasteiger charge is -2.33. The number of oxazole rings is 1. The summed E-state index contributed by atoms with van der Waals surface area (Å²) in [5, 5.41) is 14.9. The van der Waals surface area contributed by atoms with Crippen LogP contribution in [0.5, 0.6) is 0 Å². The smallest absolute Gasteiger partial charge is 0.405 e. The monoisotopic (exact) mass is 912 g/mol. The summed E-state index contributed by atoms with van der Waals surface area (Å²) in [6, 6.07) is 15.4. The molecule has 0 saturated carbocycles. The zero-order chi connectivity index (χ0) is 46.5. The molecule has 0 spiro atoms. The maximum Gasteiger partial charge on any atom is 0.405 e. The average molecular weight is 913 g/mol. The fourth-order valence-corrected chi connectivity index (χ4v) is 8.05. The minimum absolute atomic E-state index is 0.0290. The van der Waals surface area contributed by atoms with E-state index >= 15 is 0 Å². The fraction of sp³-hybridized carbons (Fsp3) is 0.364. The van der Waals surface area contributed by atoms with Crippen molar-refractivity contribution in [3.05, 3.63) is 106 Å². The van der Waals surface area contributed by atoms with Crippen molar-refractivity contribution in [2.75, 3.05) is 50.0 Å². The number of ether oxygens (including phenoxy) is 1. The van der Waals surface area contributed by atoms with Crippen molar-refractivity contribution >= 4 is 46.2 Å². The first-order chi connectivity index (χ1) is 31.7. The number of alkyl halides is 3. The lowest BCUT2D eigenvalue weighted by Crippen LogP contribution is -2.44. The second kappa shape index (κ2) is 19.5. The van der Waals surface area contributed by atoms with E-state index in [1.165, 1.54) is 33.8 Å². The molecule has 2 aromatic carbocycles. The molecule has 4 amide bonds. The van der Waals surface area contributed by atoms with Crippen molar-refractivity contribution in [3.63, 3.8) is 0 Å². The fourth-order valence-electron chi connectivity index (χ4n) is 8.05. The molecule has 6 aromatic rings. The van der Waals surface area contributed by atoms with Gasteiger partial charge in [0.2, 0.25) is 17.7 Å². The Hall–Kier alpha value is -7.17. The van der Waals surface area contributed by atoms with Gasteiger partial charge in [0.25, 0.3) is 11.8 Å². The average Bonchev–Trinajstić information content (AvgIpc) is 4.02. The maximum absolute atomic E-state index is 13.1. The standard InChI is InChI=1S/C44H47F3N12O7/c1-56-35-19-26(6-9-33(35)59(43(56)64)34-10-11-37(60)54-41(34)63)3-2-16-57-17-18-65-30(22-57)13-14-49-21-27-4-7-29(8-5-27)58-23-31(38(55-58)39(48)61)52-40(62)32-24-66-42(53-32)28-12-15-50-36(20-28)51-25-44(45,46)47/h4-9,12,15,19-20,23-24,30,34,49H,2-3,10-11,13-14,16-18,21-22,25H2,1H3,(H2,48,61)(H,50,51)(H,52,62)(H,54,60,63)/t30-,34?/m1/s1. The summed E-state index contributed by atoms with van der Waals surface area (Å²) in [4.78, 5) is 73.2. The molecule has 2 atom stereocenters. The van der Waals surface area contributed by atoms with Gasteiger partial charge in [0.15, 0.2) is 11.4 Å². The van der Waals surface area contributed by atoms with Gasteiger partial charge in [-0.2, -0.15) is 18.3 Å². The largest absolute Gasteiger partial charge is 0.444 e. The Kier molecular flexibility index (Phi) is 13.4. The van der Waals surface area contributed by atoms with Crippen molar-refractivity contribution < 1.29 is 41.5 Å². The van der Waals surface area contributed by atoms with Crippen LogP contribution in [0, 0.1) is 0 Å². The van der Waals surface area contributed by atoms with Gasteiger partial charge in [0.1, 0.15) is 24.7 Å². The van der Waals surface area contributed by atoms with E-state index in [2.05, 4.69) is 41.2 Å². The predicted octanol–water partition coefficient (Wildman–Crippen LogP) is 3.69. The number of nitrogens with zero attached hydrogens (tertiary/aromatic N) is 7. The summed E-state index contributed by atoms with van der Waals surface area (Å²) in [6.07, 6.45) is 2.47. The van der Waals surface area contributed by atoms with E-state index in [-0.39, 0.29) is 58.5 Å². The third kappa shape index (κ3) is 10.7. The number of nitrogens with one attached hydrogen (secondary N) is 4. The van der Waals surface area contributed by atoms with Crippen LogP contribution >= 0.6 is 0 Å². The van der Waals surface area contributed by atoms with Crippen molar-refractivity contribution in [1.82, 2.24) is 44.4 Å². The molecule has 2 saturated heterocycles. The number of anilines is 2. The van der Waals surface area contributed by atoms with Gasteiger partial charge in [-0.25, -0.2) is 19.4 Å². The van der Waals surface area contributed by atoms with Gasteiger partial charge in [0.05, 0.1) is 41.3 Å². The number of halogens is 3. The van der Waals surface area contributed by atoms with Crippen molar-refractivity contribution in [2.24, 2.45) is 12.8 Å². The summed E-state index contributed by atoms with van der Waals surface area (Å²) in [7, 11) is 1.70. The van der Waals surface area contributed by atoms with E-state index in [0.717, 1.165) is 68.3 Å². The molecule has 2 aliphatic heterocycles. The minimum Gasteiger partial charge on any atom is -0.444 e. The van der Waals surface area contributed by atoms with E-state index in [4.69, 9.17) is 14.9 Å². The molecular weight excluding hydrogens is 866 g/mol. The zero-order valence-electron chi connectivity index (χ0n) is 35.8. The Labute approximate surface area is 374 Å². The molecule has 66 heavy (non-hydrogen) atoms. The van der Waals surface area contributed by atoms with Gasteiger partial charge in [-0.15, -0.1) is 0 Å². The molecule has 6 heterocycles. The highest BCUT2D eigenvalue weighted by Gasteiger charge is 2.32. The van der Waals surface area contributed by atoms with Crippen LogP contribution in [-0.4, -0.2) is 109 Å². The molecule has 4 aromatic heterocycles. The van der Waals surface area contributed by atoms with Crippen molar-refractivity contribution in [1.29, 1.82) is 0 Å². The predicted molar refractivity (Wildman–Crippen MR) is 234 cm³/mol. The molecule has 8 rings (SSSR count). The Balaban J connectivity index is 0.785. The lowest BCUT2D eigenvalue weighted by molar-refractivity contribution is -0.135. The molecule has 0 radical (unpaired) electrons.